The summed E-state index contributed by atoms with van der Waals surface area (Å²) in [5, 5.41) is 19.2. The third kappa shape index (κ3) is 2.16. The highest BCUT2D eigenvalue weighted by Crippen LogP contribution is 2.54. The van der Waals surface area contributed by atoms with Crippen molar-refractivity contribution in [2.45, 2.75) is 36.0 Å². The fraction of sp³-hybridized carbons (Fsp3) is 0.833. The first kappa shape index (κ1) is 16.0. The molecule has 0 heterocycles. The second-order valence-corrected chi connectivity index (χ2v) is 6.36. The van der Waals surface area contributed by atoms with E-state index in [0.717, 1.165) is 6.26 Å². The second-order valence-electron chi connectivity index (χ2n) is 5.36. The molecule has 2 nitrogen and oxygen atoms in total. The van der Waals surface area contributed by atoms with Gasteiger partial charge in [-0.15, -0.1) is 11.8 Å². The van der Waals surface area contributed by atoms with Crippen LogP contribution in [-0.2, 0) is 0 Å². The van der Waals surface area contributed by atoms with Crippen LogP contribution in [0, 0.1) is 17.8 Å². The summed E-state index contributed by atoms with van der Waals surface area (Å²) in [6.45, 7) is 0. The van der Waals surface area contributed by atoms with Crippen LogP contribution < -0.4 is 0 Å². The van der Waals surface area contributed by atoms with Gasteiger partial charge in [0.2, 0.25) is 0 Å². The van der Waals surface area contributed by atoms with Gasteiger partial charge in [-0.1, -0.05) is 12.2 Å². The monoisotopic (exact) mass is 318 g/mol. The number of hydrogen-bond acceptors (Lipinski definition) is 3. The van der Waals surface area contributed by atoms with Crippen molar-refractivity contribution in [2.75, 3.05) is 6.26 Å². The van der Waals surface area contributed by atoms with Gasteiger partial charge in [-0.25, -0.2) is 0 Å². The molecule has 0 aliphatic heterocycles. The van der Waals surface area contributed by atoms with Gasteiger partial charge >= 0.3 is 12.1 Å². The first-order chi connectivity index (χ1) is 9.04. The largest absolute Gasteiger partial charge is 0.433 e. The molecule has 2 N–H and O–H groups in total. The number of halogens is 5. The van der Waals surface area contributed by atoms with Crippen molar-refractivity contribution < 1.29 is 32.2 Å². The number of alkyl halides is 5. The lowest BCUT2D eigenvalue weighted by Crippen LogP contribution is -2.63. The Morgan fingerprint density at radius 3 is 2.10 bits per heavy atom. The molecule has 2 rings (SSSR count). The van der Waals surface area contributed by atoms with Gasteiger partial charge in [0.25, 0.3) is 4.93 Å². The van der Waals surface area contributed by atoms with Crippen molar-refractivity contribution in [1.82, 2.24) is 0 Å². The SMILES string of the molecule is CSC(O)(C(F)(F)F)C(F)(F)C(O)C1CC2C=CC1C2. The molecule has 5 unspecified atom stereocenters. The summed E-state index contributed by atoms with van der Waals surface area (Å²) in [7, 11) is 0. The molecule has 116 valence electrons. The van der Waals surface area contributed by atoms with Crippen LogP contribution in [0.1, 0.15) is 12.8 Å². The lowest BCUT2D eigenvalue weighted by Gasteiger charge is -2.40. The van der Waals surface area contributed by atoms with E-state index in [4.69, 9.17) is 0 Å². The molecule has 0 amide bonds. The van der Waals surface area contributed by atoms with Crippen molar-refractivity contribution in [3.8, 4) is 0 Å². The maximum Gasteiger partial charge on any atom is 0.433 e. The Balaban J connectivity index is 2.27. The van der Waals surface area contributed by atoms with Crippen molar-refractivity contribution in [1.29, 1.82) is 0 Å². The van der Waals surface area contributed by atoms with Crippen LogP contribution in [0.25, 0.3) is 0 Å². The van der Waals surface area contributed by atoms with Crippen LogP contribution in [0.15, 0.2) is 12.2 Å². The van der Waals surface area contributed by atoms with Crippen molar-refractivity contribution in [2.24, 2.45) is 17.8 Å². The van der Waals surface area contributed by atoms with E-state index in [1.165, 1.54) is 0 Å². The fourth-order valence-corrected chi connectivity index (χ4v) is 3.72. The average Bonchev–Trinajstić information content (AvgIpc) is 2.97. The summed E-state index contributed by atoms with van der Waals surface area (Å²) in [5.74, 6) is -5.95. The zero-order chi connectivity index (χ0) is 15.3. The van der Waals surface area contributed by atoms with Gasteiger partial charge in [-0.05, 0) is 36.9 Å². The maximum atomic E-state index is 14.1. The summed E-state index contributed by atoms with van der Waals surface area (Å²) in [4.78, 5) is -4.29. The summed E-state index contributed by atoms with van der Waals surface area (Å²) < 4.78 is 66.4. The van der Waals surface area contributed by atoms with Gasteiger partial charge in [0.15, 0.2) is 0 Å². The molecule has 2 aliphatic rings. The van der Waals surface area contributed by atoms with Gasteiger partial charge in [0, 0.05) is 0 Å². The minimum atomic E-state index is -5.54. The standard InChI is InChI=1S/C12H15F5O2S/c1-20-11(19,12(15,16)17)10(13,14)9(18)8-5-6-2-3-7(8)4-6/h2-3,6-9,18-19H,4-5H2,1H3. The van der Waals surface area contributed by atoms with Gasteiger partial charge in [0.05, 0.1) is 0 Å². The van der Waals surface area contributed by atoms with Crippen LogP contribution in [0.2, 0.25) is 0 Å². The van der Waals surface area contributed by atoms with Crippen LogP contribution in [0.5, 0.6) is 0 Å². The van der Waals surface area contributed by atoms with Crippen LogP contribution >= 0.6 is 11.8 Å². The lowest BCUT2D eigenvalue weighted by atomic mass is 9.83. The van der Waals surface area contributed by atoms with E-state index in [0.29, 0.717) is 6.42 Å². The molecule has 0 spiro atoms. The molecule has 0 aromatic carbocycles. The Hall–Kier alpha value is -0.340. The first-order valence-electron chi connectivity index (χ1n) is 6.13. The highest BCUT2D eigenvalue weighted by molar-refractivity contribution is 7.99. The number of aliphatic hydroxyl groups is 2. The Kier molecular flexibility index (Phi) is 3.88. The second kappa shape index (κ2) is 4.84. The summed E-state index contributed by atoms with van der Waals surface area (Å²) >= 11 is -0.404. The number of fused-ring (bicyclic) bond motifs is 2. The number of hydrogen-bond donors (Lipinski definition) is 2. The Morgan fingerprint density at radius 1 is 1.15 bits per heavy atom. The molecular formula is C12H15F5O2S. The zero-order valence-corrected chi connectivity index (χ0v) is 11.4. The minimum Gasteiger partial charge on any atom is -0.386 e. The number of thioether (sulfide) groups is 1. The normalized spacial score (nSPS) is 34.3. The van der Waals surface area contributed by atoms with Crippen LogP contribution in [0.4, 0.5) is 22.0 Å². The third-order valence-electron chi connectivity index (χ3n) is 4.24. The van der Waals surface area contributed by atoms with E-state index in [1.54, 1.807) is 6.08 Å². The smallest absolute Gasteiger partial charge is 0.386 e. The molecule has 8 heteroatoms. The molecule has 20 heavy (non-hydrogen) atoms. The Bertz CT molecular complexity index is 411. The van der Waals surface area contributed by atoms with Gasteiger partial charge in [-0.3, -0.25) is 0 Å². The van der Waals surface area contributed by atoms with E-state index in [-0.39, 0.29) is 18.3 Å². The molecule has 5 atom stereocenters. The fourth-order valence-electron chi connectivity index (χ4n) is 3.10. The van der Waals surface area contributed by atoms with Crippen LogP contribution in [0.3, 0.4) is 0 Å². The van der Waals surface area contributed by atoms with Crippen LogP contribution in [-0.4, -0.2) is 39.6 Å². The molecule has 0 aromatic heterocycles. The molecular weight excluding hydrogens is 303 g/mol. The predicted molar refractivity (Wildman–Crippen MR) is 64.3 cm³/mol. The molecule has 0 radical (unpaired) electrons. The van der Waals surface area contributed by atoms with Gasteiger partial charge in [0.1, 0.15) is 6.10 Å². The van der Waals surface area contributed by atoms with Crippen molar-refractivity contribution in [3.63, 3.8) is 0 Å². The first-order valence-corrected chi connectivity index (χ1v) is 7.35. The molecule has 1 saturated carbocycles. The predicted octanol–water partition coefficient (Wildman–Crippen LogP) is 2.81. The van der Waals surface area contributed by atoms with Crippen molar-refractivity contribution >= 4 is 11.8 Å². The van der Waals surface area contributed by atoms with Crippen molar-refractivity contribution in [3.05, 3.63) is 12.2 Å². The molecule has 2 aliphatic carbocycles. The van der Waals surface area contributed by atoms with E-state index in [1.807, 2.05) is 6.08 Å². The molecule has 0 saturated heterocycles. The molecule has 2 bridgehead atoms. The lowest BCUT2D eigenvalue weighted by molar-refractivity contribution is -0.314. The number of allylic oxidation sites excluding steroid dienone is 2. The van der Waals surface area contributed by atoms with E-state index >= 15 is 0 Å². The highest BCUT2D eigenvalue weighted by atomic mass is 32.2. The average molecular weight is 318 g/mol. The minimum absolute atomic E-state index is 0.0312. The third-order valence-corrected chi connectivity index (χ3v) is 5.33. The highest BCUT2D eigenvalue weighted by Gasteiger charge is 2.72. The van der Waals surface area contributed by atoms with E-state index in [9.17, 15) is 32.2 Å². The number of aliphatic hydroxyl groups excluding tert-OH is 1. The maximum absolute atomic E-state index is 14.1. The van der Waals surface area contributed by atoms with E-state index in [2.05, 4.69) is 0 Å². The van der Waals surface area contributed by atoms with Gasteiger partial charge < -0.3 is 10.2 Å². The van der Waals surface area contributed by atoms with Gasteiger partial charge in [-0.2, -0.15) is 22.0 Å². The van der Waals surface area contributed by atoms with E-state index < -0.39 is 40.8 Å². The number of rotatable bonds is 4. The molecule has 1 fully saturated rings. The Morgan fingerprint density at radius 2 is 1.75 bits per heavy atom. The topological polar surface area (TPSA) is 40.5 Å². The zero-order valence-electron chi connectivity index (χ0n) is 10.6. The summed E-state index contributed by atoms with van der Waals surface area (Å²) in [6.07, 6.45) is -3.04. The quantitative estimate of drug-likeness (QED) is 0.476. The molecule has 0 aromatic rings. The summed E-state index contributed by atoms with van der Waals surface area (Å²) in [5.41, 5.74) is 0. The summed E-state index contributed by atoms with van der Waals surface area (Å²) in [6, 6.07) is 0. The Labute approximate surface area is 117 Å².